The Morgan fingerprint density at radius 2 is 2.09 bits per heavy atom. The zero-order chi connectivity index (χ0) is 22.2. The molecule has 1 atom stereocenters. The van der Waals surface area contributed by atoms with E-state index in [1.165, 1.54) is 24.5 Å². The molecule has 0 saturated carbocycles. The van der Waals surface area contributed by atoms with Crippen LogP contribution in [0.4, 0.5) is 11.5 Å². The first kappa shape index (κ1) is 22.7. The quantitative estimate of drug-likeness (QED) is 0.444. The SMILES string of the molecule is O=C(/C=C/c1cnc(Nc2ccccc2CN2CCCC2)c(Cl)c1)NOC1CCCCO1. The van der Waals surface area contributed by atoms with Crippen molar-refractivity contribution in [3.05, 3.63) is 58.8 Å². The number of benzene rings is 1. The Balaban J connectivity index is 1.34. The van der Waals surface area contributed by atoms with Gasteiger partial charge in [-0.3, -0.25) is 9.69 Å². The molecule has 4 rings (SSSR count). The number of para-hydroxylation sites is 1. The molecular formula is C24H29ClN4O3. The van der Waals surface area contributed by atoms with Crippen molar-refractivity contribution in [2.45, 2.75) is 44.9 Å². The van der Waals surface area contributed by atoms with Crippen LogP contribution in [0, 0.1) is 0 Å². The molecule has 2 N–H and O–H groups in total. The van der Waals surface area contributed by atoms with E-state index in [4.69, 9.17) is 21.2 Å². The molecule has 1 aromatic heterocycles. The van der Waals surface area contributed by atoms with Crippen LogP contribution in [0.15, 0.2) is 42.6 Å². The smallest absolute Gasteiger partial charge is 0.267 e. The molecule has 170 valence electrons. The number of carbonyl (C=O) groups is 1. The van der Waals surface area contributed by atoms with E-state index in [-0.39, 0.29) is 12.2 Å². The number of carbonyl (C=O) groups excluding carboxylic acids is 1. The molecule has 2 fully saturated rings. The lowest BCUT2D eigenvalue weighted by Crippen LogP contribution is -2.32. The van der Waals surface area contributed by atoms with Gasteiger partial charge in [-0.15, -0.1) is 0 Å². The monoisotopic (exact) mass is 456 g/mol. The number of rotatable bonds is 8. The van der Waals surface area contributed by atoms with E-state index >= 15 is 0 Å². The summed E-state index contributed by atoms with van der Waals surface area (Å²) in [5, 5.41) is 3.84. The molecule has 0 aliphatic carbocycles. The van der Waals surface area contributed by atoms with Crippen LogP contribution in [0.2, 0.25) is 5.02 Å². The molecule has 1 unspecified atom stereocenters. The number of hydroxylamine groups is 1. The van der Waals surface area contributed by atoms with Gasteiger partial charge in [0, 0.05) is 37.5 Å². The summed E-state index contributed by atoms with van der Waals surface area (Å²) in [6, 6.07) is 9.99. The summed E-state index contributed by atoms with van der Waals surface area (Å²) >= 11 is 6.47. The normalized spacial score (nSPS) is 19.3. The maximum atomic E-state index is 12.0. The van der Waals surface area contributed by atoms with Crippen molar-refractivity contribution in [3.8, 4) is 0 Å². The van der Waals surface area contributed by atoms with E-state index in [1.807, 2.05) is 12.1 Å². The number of ether oxygens (including phenoxy) is 1. The molecule has 0 radical (unpaired) electrons. The van der Waals surface area contributed by atoms with Crippen molar-refractivity contribution < 1.29 is 14.4 Å². The molecule has 2 aliphatic rings. The summed E-state index contributed by atoms with van der Waals surface area (Å²) in [5.74, 6) is 0.216. The van der Waals surface area contributed by atoms with E-state index in [0.717, 1.165) is 50.1 Å². The van der Waals surface area contributed by atoms with Gasteiger partial charge in [0.05, 0.1) is 5.02 Å². The minimum atomic E-state index is -0.379. The average molecular weight is 457 g/mol. The third kappa shape index (κ3) is 6.53. The molecule has 2 aliphatic heterocycles. The van der Waals surface area contributed by atoms with E-state index in [1.54, 1.807) is 18.3 Å². The van der Waals surface area contributed by atoms with Crippen LogP contribution in [-0.2, 0) is 20.9 Å². The Morgan fingerprint density at radius 3 is 2.88 bits per heavy atom. The number of aromatic nitrogens is 1. The lowest BCUT2D eigenvalue weighted by molar-refractivity contribution is -0.198. The van der Waals surface area contributed by atoms with Crippen LogP contribution in [0.3, 0.4) is 0 Å². The average Bonchev–Trinajstić information content (AvgIpc) is 3.33. The lowest BCUT2D eigenvalue weighted by atomic mass is 10.1. The first-order chi connectivity index (χ1) is 15.7. The number of nitrogens with one attached hydrogen (secondary N) is 2. The predicted octanol–water partition coefficient (Wildman–Crippen LogP) is 4.66. The summed E-state index contributed by atoms with van der Waals surface area (Å²) in [6.45, 7) is 3.84. The van der Waals surface area contributed by atoms with Crippen LogP contribution in [0.25, 0.3) is 6.08 Å². The molecule has 7 nitrogen and oxygen atoms in total. The molecular weight excluding hydrogens is 428 g/mol. The molecule has 1 amide bonds. The van der Waals surface area contributed by atoms with Gasteiger partial charge in [-0.1, -0.05) is 29.8 Å². The van der Waals surface area contributed by atoms with Crippen molar-refractivity contribution in [2.75, 3.05) is 25.0 Å². The topological polar surface area (TPSA) is 75.7 Å². The molecule has 8 heteroatoms. The van der Waals surface area contributed by atoms with Crippen LogP contribution in [0.5, 0.6) is 0 Å². The Labute approximate surface area is 193 Å². The Kier molecular flexibility index (Phi) is 8.12. The van der Waals surface area contributed by atoms with Gasteiger partial charge < -0.3 is 10.1 Å². The van der Waals surface area contributed by atoms with Crippen molar-refractivity contribution in [1.29, 1.82) is 0 Å². The fourth-order valence-electron chi connectivity index (χ4n) is 3.86. The second-order valence-electron chi connectivity index (χ2n) is 8.08. The number of halogens is 1. The van der Waals surface area contributed by atoms with Crippen molar-refractivity contribution in [1.82, 2.24) is 15.4 Å². The van der Waals surface area contributed by atoms with Gasteiger partial charge in [-0.2, -0.15) is 0 Å². The first-order valence-corrected chi connectivity index (χ1v) is 11.5. The summed E-state index contributed by atoms with van der Waals surface area (Å²) in [4.78, 5) is 24.2. The van der Waals surface area contributed by atoms with Gasteiger partial charge >= 0.3 is 0 Å². The van der Waals surface area contributed by atoms with Crippen LogP contribution in [-0.4, -0.2) is 41.8 Å². The molecule has 0 bridgehead atoms. The minimum absolute atomic E-state index is 0.367. The number of nitrogens with zero attached hydrogens (tertiary/aromatic N) is 2. The number of hydrogen-bond acceptors (Lipinski definition) is 6. The molecule has 2 saturated heterocycles. The second-order valence-corrected chi connectivity index (χ2v) is 8.49. The first-order valence-electron chi connectivity index (χ1n) is 11.2. The van der Waals surface area contributed by atoms with Gasteiger partial charge in [-0.05, 0) is 68.1 Å². The fraction of sp³-hybridized carbons (Fsp3) is 0.417. The van der Waals surface area contributed by atoms with Crippen LogP contribution in [0.1, 0.15) is 43.2 Å². The van der Waals surface area contributed by atoms with E-state index < -0.39 is 0 Å². The largest absolute Gasteiger partial charge is 0.350 e. The lowest BCUT2D eigenvalue weighted by Gasteiger charge is -2.21. The molecule has 0 spiro atoms. The number of anilines is 2. The Hall–Kier alpha value is -2.45. The summed E-state index contributed by atoms with van der Waals surface area (Å²) < 4.78 is 5.42. The molecule has 2 aromatic rings. The summed E-state index contributed by atoms with van der Waals surface area (Å²) in [6.07, 6.45) is 9.67. The highest BCUT2D eigenvalue weighted by Gasteiger charge is 2.16. The highest BCUT2D eigenvalue weighted by molar-refractivity contribution is 6.33. The highest BCUT2D eigenvalue weighted by Crippen LogP contribution is 2.27. The second kappa shape index (κ2) is 11.4. The fourth-order valence-corrected chi connectivity index (χ4v) is 4.08. The molecule has 3 heterocycles. The molecule has 1 aromatic carbocycles. The number of likely N-dealkylation sites (tertiary alicyclic amines) is 1. The zero-order valence-corrected chi connectivity index (χ0v) is 18.8. The van der Waals surface area contributed by atoms with Crippen molar-refractivity contribution in [2.24, 2.45) is 0 Å². The number of pyridine rings is 1. The van der Waals surface area contributed by atoms with E-state index in [2.05, 4.69) is 32.8 Å². The number of hydrogen-bond donors (Lipinski definition) is 2. The zero-order valence-electron chi connectivity index (χ0n) is 18.1. The van der Waals surface area contributed by atoms with Gasteiger partial charge in [0.25, 0.3) is 5.91 Å². The van der Waals surface area contributed by atoms with Gasteiger partial charge in [0.15, 0.2) is 6.29 Å². The van der Waals surface area contributed by atoms with Crippen LogP contribution < -0.4 is 10.8 Å². The van der Waals surface area contributed by atoms with E-state index in [9.17, 15) is 4.79 Å². The van der Waals surface area contributed by atoms with Gasteiger partial charge in [0.1, 0.15) is 5.82 Å². The van der Waals surface area contributed by atoms with Gasteiger partial charge in [0.2, 0.25) is 0 Å². The van der Waals surface area contributed by atoms with Crippen molar-refractivity contribution in [3.63, 3.8) is 0 Å². The highest BCUT2D eigenvalue weighted by atomic mass is 35.5. The maximum Gasteiger partial charge on any atom is 0.267 e. The van der Waals surface area contributed by atoms with E-state index in [0.29, 0.717) is 17.4 Å². The number of amides is 1. The summed E-state index contributed by atoms with van der Waals surface area (Å²) in [7, 11) is 0. The summed E-state index contributed by atoms with van der Waals surface area (Å²) in [5.41, 5.74) is 5.33. The third-order valence-corrected chi connectivity index (χ3v) is 5.87. The molecule has 32 heavy (non-hydrogen) atoms. The Bertz CT molecular complexity index is 941. The maximum absolute atomic E-state index is 12.0. The standard InChI is InChI=1S/C24H29ClN4O3/c25-20-15-18(10-11-22(30)28-32-23-9-3-6-14-31-23)16-26-24(20)27-21-8-2-1-7-19(21)17-29-12-4-5-13-29/h1-2,7-8,10-11,15-16,23H,3-6,9,12-14,17H2,(H,26,27)(H,28,30)/b11-10+. The predicted molar refractivity (Wildman–Crippen MR) is 125 cm³/mol. The minimum Gasteiger partial charge on any atom is -0.350 e. The van der Waals surface area contributed by atoms with Crippen LogP contribution >= 0.6 is 11.6 Å². The van der Waals surface area contributed by atoms with Crippen molar-refractivity contribution >= 4 is 35.1 Å². The Morgan fingerprint density at radius 1 is 1.25 bits per heavy atom. The third-order valence-electron chi connectivity index (χ3n) is 5.58. The van der Waals surface area contributed by atoms with Gasteiger partial charge in [-0.25, -0.2) is 15.3 Å².